The predicted octanol–water partition coefficient (Wildman–Crippen LogP) is 2.16. The van der Waals surface area contributed by atoms with Crippen molar-refractivity contribution >= 4 is 17.7 Å². The molecule has 27 heavy (non-hydrogen) atoms. The highest BCUT2D eigenvalue weighted by Gasteiger charge is 2.22. The van der Waals surface area contributed by atoms with Gasteiger partial charge in [-0.15, -0.1) is 0 Å². The molecule has 0 fully saturated rings. The van der Waals surface area contributed by atoms with Crippen molar-refractivity contribution in [2.75, 3.05) is 6.54 Å². The molecule has 3 amide bonds. The fourth-order valence-corrected chi connectivity index (χ4v) is 2.83. The lowest BCUT2D eigenvalue weighted by Crippen LogP contribution is -2.37. The summed E-state index contributed by atoms with van der Waals surface area (Å²) in [4.78, 5) is 37.3. The molecule has 2 rings (SSSR count). The second-order valence-electron chi connectivity index (χ2n) is 6.39. The zero-order valence-electron chi connectivity index (χ0n) is 15.4. The van der Waals surface area contributed by atoms with E-state index in [9.17, 15) is 14.4 Å². The fraction of sp³-hybridized carbons (Fsp3) is 0.286. The molecule has 0 saturated carbocycles. The van der Waals surface area contributed by atoms with Gasteiger partial charge in [0.25, 0.3) is 0 Å². The van der Waals surface area contributed by atoms with Crippen LogP contribution in [-0.2, 0) is 20.9 Å². The van der Waals surface area contributed by atoms with E-state index in [-0.39, 0.29) is 31.2 Å². The summed E-state index contributed by atoms with van der Waals surface area (Å²) in [6.07, 6.45) is 0.198. The number of benzene rings is 2. The zero-order chi connectivity index (χ0) is 19.6. The van der Waals surface area contributed by atoms with E-state index < -0.39 is 11.9 Å². The molecule has 0 aliphatic carbocycles. The molecule has 0 radical (unpaired) electrons. The van der Waals surface area contributed by atoms with Crippen LogP contribution in [0, 0.1) is 0 Å². The van der Waals surface area contributed by atoms with E-state index >= 15 is 0 Å². The van der Waals surface area contributed by atoms with Crippen molar-refractivity contribution in [2.45, 2.75) is 32.4 Å². The van der Waals surface area contributed by atoms with Gasteiger partial charge in [0, 0.05) is 26.4 Å². The molecule has 0 aliphatic rings. The molecule has 2 aromatic rings. The Kier molecular flexibility index (Phi) is 7.55. The quantitative estimate of drug-likeness (QED) is 0.711. The molecule has 6 nitrogen and oxygen atoms in total. The van der Waals surface area contributed by atoms with Crippen molar-refractivity contribution in [2.24, 2.45) is 5.73 Å². The third kappa shape index (κ3) is 6.93. The van der Waals surface area contributed by atoms with Crippen molar-refractivity contribution in [3.8, 4) is 0 Å². The van der Waals surface area contributed by atoms with E-state index in [1.54, 1.807) is 4.90 Å². The highest BCUT2D eigenvalue weighted by molar-refractivity contribution is 5.80. The molecular weight excluding hydrogens is 342 g/mol. The monoisotopic (exact) mass is 367 g/mol. The summed E-state index contributed by atoms with van der Waals surface area (Å²) in [5.74, 6) is -0.812. The first-order valence-corrected chi connectivity index (χ1v) is 8.87. The standard InChI is InChI=1S/C21H25N3O3/c1-16(25)23-19(18-10-6-3-7-11-18)14-21(27)24(13-12-20(22)26)15-17-8-4-2-5-9-17/h2-11,19H,12-15H2,1H3,(H2,22,26)(H,23,25). The summed E-state index contributed by atoms with van der Waals surface area (Å²) in [6, 6.07) is 18.5. The minimum absolute atomic E-state index is 0.0920. The van der Waals surface area contributed by atoms with Gasteiger partial charge in [0.15, 0.2) is 0 Å². The average molecular weight is 367 g/mol. The second-order valence-corrected chi connectivity index (χ2v) is 6.39. The zero-order valence-corrected chi connectivity index (χ0v) is 15.4. The Morgan fingerprint density at radius 1 is 1.00 bits per heavy atom. The predicted molar refractivity (Wildman–Crippen MR) is 103 cm³/mol. The fourth-order valence-electron chi connectivity index (χ4n) is 2.83. The van der Waals surface area contributed by atoms with Gasteiger partial charge in [0.05, 0.1) is 12.5 Å². The van der Waals surface area contributed by atoms with Crippen molar-refractivity contribution in [3.63, 3.8) is 0 Å². The molecule has 142 valence electrons. The molecule has 0 bridgehead atoms. The number of primary amides is 1. The number of amides is 3. The molecular formula is C21H25N3O3. The Morgan fingerprint density at radius 2 is 1.59 bits per heavy atom. The van der Waals surface area contributed by atoms with Crippen LogP contribution in [0.2, 0.25) is 0 Å². The minimum atomic E-state index is -0.456. The van der Waals surface area contributed by atoms with Crippen LogP contribution in [0.3, 0.4) is 0 Å². The number of hydrogen-bond donors (Lipinski definition) is 2. The van der Waals surface area contributed by atoms with Gasteiger partial charge in [-0.3, -0.25) is 14.4 Å². The first kappa shape index (κ1) is 20.2. The highest BCUT2D eigenvalue weighted by Crippen LogP contribution is 2.19. The normalized spacial score (nSPS) is 11.4. The Hall–Kier alpha value is -3.15. The van der Waals surface area contributed by atoms with Gasteiger partial charge in [-0.2, -0.15) is 0 Å². The number of carbonyl (C=O) groups is 3. The molecule has 0 saturated heterocycles. The lowest BCUT2D eigenvalue weighted by molar-refractivity contribution is -0.133. The van der Waals surface area contributed by atoms with Crippen molar-refractivity contribution in [3.05, 3.63) is 71.8 Å². The Labute approximate surface area is 159 Å². The number of nitrogens with zero attached hydrogens (tertiary/aromatic N) is 1. The van der Waals surface area contributed by atoms with Crippen LogP contribution in [0.15, 0.2) is 60.7 Å². The van der Waals surface area contributed by atoms with Crippen LogP contribution >= 0.6 is 0 Å². The maximum absolute atomic E-state index is 12.9. The topological polar surface area (TPSA) is 92.5 Å². The van der Waals surface area contributed by atoms with E-state index in [4.69, 9.17) is 5.73 Å². The molecule has 0 spiro atoms. The molecule has 3 N–H and O–H groups in total. The van der Waals surface area contributed by atoms with E-state index in [2.05, 4.69) is 5.32 Å². The van der Waals surface area contributed by atoms with Crippen molar-refractivity contribution in [1.29, 1.82) is 0 Å². The van der Waals surface area contributed by atoms with Crippen LogP contribution in [0.1, 0.15) is 36.9 Å². The Balaban J connectivity index is 2.15. The number of nitrogens with one attached hydrogen (secondary N) is 1. The summed E-state index contributed by atoms with van der Waals surface area (Å²) in [5.41, 5.74) is 7.08. The van der Waals surface area contributed by atoms with Gasteiger partial charge in [0.2, 0.25) is 17.7 Å². The number of carbonyl (C=O) groups excluding carboxylic acids is 3. The summed E-state index contributed by atoms with van der Waals surface area (Å²) in [7, 11) is 0. The van der Waals surface area contributed by atoms with Gasteiger partial charge in [-0.05, 0) is 11.1 Å². The van der Waals surface area contributed by atoms with E-state index in [1.165, 1.54) is 6.92 Å². The number of nitrogens with two attached hydrogens (primary N) is 1. The van der Waals surface area contributed by atoms with Gasteiger partial charge >= 0.3 is 0 Å². The third-order valence-corrected chi connectivity index (χ3v) is 4.16. The largest absolute Gasteiger partial charge is 0.370 e. The first-order valence-electron chi connectivity index (χ1n) is 8.87. The van der Waals surface area contributed by atoms with Crippen LogP contribution < -0.4 is 11.1 Å². The van der Waals surface area contributed by atoms with Crippen molar-refractivity contribution in [1.82, 2.24) is 10.2 Å². The average Bonchev–Trinajstić information content (AvgIpc) is 2.65. The third-order valence-electron chi connectivity index (χ3n) is 4.16. The van der Waals surface area contributed by atoms with Gasteiger partial charge in [-0.1, -0.05) is 60.7 Å². The highest BCUT2D eigenvalue weighted by atomic mass is 16.2. The first-order chi connectivity index (χ1) is 13.0. The van der Waals surface area contributed by atoms with Gasteiger partial charge < -0.3 is 16.0 Å². The Morgan fingerprint density at radius 3 is 2.15 bits per heavy atom. The van der Waals surface area contributed by atoms with E-state index in [0.717, 1.165) is 11.1 Å². The molecule has 0 aromatic heterocycles. The molecule has 2 aromatic carbocycles. The van der Waals surface area contributed by atoms with Crippen LogP contribution in [0.4, 0.5) is 0 Å². The van der Waals surface area contributed by atoms with E-state index in [1.807, 2.05) is 60.7 Å². The van der Waals surface area contributed by atoms with Crippen LogP contribution in [0.5, 0.6) is 0 Å². The lowest BCUT2D eigenvalue weighted by Gasteiger charge is -2.26. The molecule has 0 heterocycles. The van der Waals surface area contributed by atoms with Crippen LogP contribution in [0.25, 0.3) is 0 Å². The summed E-state index contributed by atoms with van der Waals surface area (Å²) >= 11 is 0. The number of rotatable bonds is 9. The summed E-state index contributed by atoms with van der Waals surface area (Å²) in [6.45, 7) is 2.05. The minimum Gasteiger partial charge on any atom is -0.370 e. The molecule has 6 heteroatoms. The van der Waals surface area contributed by atoms with E-state index in [0.29, 0.717) is 6.54 Å². The smallest absolute Gasteiger partial charge is 0.225 e. The maximum atomic E-state index is 12.9. The molecule has 1 atom stereocenters. The SMILES string of the molecule is CC(=O)NC(CC(=O)N(CCC(N)=O)Cc1ccccc1)c1ccccc1. The second kappa shape index (κ2) is 10.1. The maximum Gasteiger partial charge on any atom is 0.225 e. The summed E-state index contributed by atoms with van der Waals surface area (Å²) in [5, 5.41) is 2.83. The molecule has 0 aliphatic heterocycles. The Bertz CT molecular complexity index is 763. The van der Waals surface area contributed by atoms with Crippen molar-refractivity contribution < 1.29 is 14.4 Å². The molecule has 1 unspecified atom stereocenters. The van der Waals surface area contributed by atoms with Gasteiger partial charge in [0.1, 0.15) is 0 Å². The van der Waals surface area contributed by atoms with Crippen LogP contribution in [-0.4, -0.2) is 29.2 Å². The summed E-state index contributed by atoms with van der Waals surface area (Å²) < 4.78 is 0. The van der Waals surface area contributed by atoms with Gasteiger partial charge in [-0.25, -0.2) is 0 Å². The lowest BCUT2D eigenvalue weighted by atomic mass is 10.0. The number of hydrogen-bond acceptors (Lipinski definition) is 3.